The Kier molecular flexibility index (Phi) is 7.46. The first-order chi connectivity index (χ1) is 18.6. The number of carbonyl (C=O) groups excluding carboxylic acids is 1. The zero-order valence-electron chi connectivity index (χ0n) is 21.4. The number of anilines is 1. The van der Waals surface area contributed by atoms with Crippen molar-refractivity contribution in [1.29, 1.82) is 0 Å². The molecule has 0 amide bonds. The third-order valence-electron chi connectivity index (χ3n) is 6.61. The Hall–Kier alpha value is -3.69. The number of nitrogens with zero attached hydrogens (tertiary/aromatic N) is 2. The van der Waals surface area contributed by atoms with E-state index in [0.29, 0.717) is 41.1 Å². The quantitative estimate of drug-likeness (QED) is 0.244. The molecule has 3 aromatic rings. The van der Waals surface area contributed by atoms with Crippen LogP contribution in [0.1, 0.15) is 42.9 Å². The number of benzene rings is 3. The Balaban J connectivity index is 1.51. The molecule has 0 saturated carbocycles. The van der Waals surface area contributed by atoms with Gasteiger partial charge in [0.15, 0.2) is 0 Å². The summed E-state index contributed by atoms with van der Waals surface area (Å²) in [7, 11) is -3.95. The summed E-state index contributed by atoms with van der Waals surface area (Å²) in [4.78, 5) is 16.2. The van der Waals surface area contributed by atoms with Crippen molar-refractivity contribution in [3.8, 4) is 5.75 Å². The van der Waals surface area contributed by atoms with E-state index in [1.165, 1.54) is 10.4 Å². The summed E-state index contributed by atoms with van der Waals surface area (Å²) in [5.74, 6) is -0.444. The molecule has 10 heteroatoms. The molecule has 7 nitrogen and oxygen atoms in total. The number of hydrogen-bond acceptors (Lipinski definition) is 6. The number of rotatable bonds is 7. The predicted molar refractivity (Wildman–Crippen MR) is 149 cm³/mol. The summed E-state index contributed by atoms with van der Waals surface area (Å²) in [6.45, 7) is 3.65. The van der Waals surface area contributed by atoms with E-state index in [1.807, 2.05) is 13.0 Å². The van der Waals surface area contributed by atoms with Gasteiger partial charge in [-0.15, -0.1) is 0 Å². The van der Waals surface area contributed by atoms with Crippen molar-refractivity contribution in [2.75, 3.05) is 10.8 Å². The number of ether oxygens (including phenoxy) is 1. The van der Waals surface area contributed by atoms with Crippen molar-refractivity contribution < 1.29 is 27.2 Å². The lowest BCUT2D eigenvalue weighted by Crippen LogP contribution is -2.43. The summed E-state index contributed by atoms with van der Waals surface area (Å²) in [5, 5.41) is 4.07. The minimum absolute atomic E-state index is 0.0661. The lowest BCUT2D eigenvalue weighted by Gasteiger charge is -2.36. The van der Waals surface area contributed by atoms with Crippen LogP contribution >= 0.6 is 11.6 Å². The molecule has 2 heterocycles. The average Bonchev–Trinajstić information content (AvgIpc) is 3.32. The van der Waals surface area contributed by atoms with E-state index in [4.69, 9.17) is 16.3 Å². The molecule has 0 unspecified atom stereocenters. The minimum Gasteiger partial charge on any atom is -0.486 e. The molecule has 0 aliphatic carbocycles. The zero-order valence-corrected chi connectivity index (χ0v) is 22.9. The van der Waals surface area contributed by atoms with Crippen molar-refractivity contribution >= 4 is 50.6 Å². The van der Waals surface area contributed by atoms with Gasteiger partial charge in [-0.1, -0.05) is 47.1 Å². The number of aryl methyl sites for hydroxylation is 1. The summed E-state index contributed by atoms with van der Waals surface area (Å²) in [6, 6.07) is 16.4. The second kappa shape index (κ2) is 10.8. The Labute approximate surface area is 231 Å². The molecule has 0 N–H and O–H groups in total. The maximum absolute atomic E-state index is 14.5. The fourth-order valence-corrected chi connectivity index (χ4v) is 6.62. The van der Waals surface area contributed by atoms with E-state index in [2.05, 4.69) is 9.99 Å². The molecule has 3 aromatic carbocycles. The maximum Gasteiger partial charge on any atom is 0.340 e. The molecule has 0 bridgehead atoms. The highest BCUT2D eigenvalue weighted by Crippen LogP contribution is 2.40. The topological polar surface area (TPSA) is 85.3 Å². The van der Waals surface area contributed by atoms with Crippen LogP contribution in [0.4, 0.5) is 10.1 Å². The predicted octanol–water partition coefficient (Wildman–Crippen LogP) is 6.39. The van der Waals surface area contributed by atoms with E-state index >= 15 is 0 Å². The largest absolute Gasteiger partial charge is 0.486 e. The Morgan fingerprint density at radius 2 is 1.97 bits per heavy atom. The number of sulfonamides is 1. The molecular weight excluding hydrogens is 543 g/mol. The Bertz CT molecular complexity index is 1600. The van der Waals surface area contributed by atoms with Crippen LogP contribution in [0, 0.1) is 12.7 Å². The van der Waals surface area contributed by atoms with Crippen LogP contribution in [-0.2, 0) is 19.7 Å². The van der Waals surface area contributed by atoms with E-state index < -0.39 is 27.9 Å². The molecule has 2 aliphatic rings. The van der Waals surface area contributed by atoms with Gasteiger partial charge in [-0.05, 0) is 79.8 Å². The van der Waals surface area contributed by atoms with E-state index in [9.17, 15) is 17.6 Å². The third kappa shape index (κ3) is 5.69. The summed E-state index contributed by atoms with van der Waals surface area (Å²) >= 11 is 6.25. The number of carbonyl (C=O) groups is 1. The molecule has 39 heavy (non-hydrogen) atoms. The summed E-state index contributed by atoms with van der Waals surface area (Å²) in [5.41, 5.74) is 3.34. The van der Waals surface area contributed by atoms with Gasteiger partial charge in [0.2, 0.25) is 0 Å². The first kappa shape index (κ1) is 26.9. The second-order valence-corrected chi connectivity index (χ2v) is 11.8. The highest BCUT2D eigenvalue weighted by Gasteiger charge is 2.35. The Morgan fingerprint density at radius 1 is 1.18 bits per heavy atom. The number of halogens is 2. The van der Waals surface area contributed by atoms with E-state index in [1.54, 1.807) is 61.5 Å². The van der Waals surface area contributed by atoms with Crippen molar-refractivity contribution in [3.05, 3.63) is 88.2 Å². The lowest BCUT2D eigenvalue weighted by atomic mass is 10.0. The molecule has 0 spiro atoms. The molecule has 5 rings (SSSR count). The zero-order chi connectivity index (χ0) is 27.7. The van der Waals surface area contributed by atoms with Gasteiger partial charge in [-0.2, -0.15) is 0 Å². The lowest BCUT2D eigenvalue weighted by molar-refractivity contribution is -0.140. The molecular formula is C29H26ClFN2O5S. The van der Waals surface area contributed by atoms with Crippen molar-refractivity contribution in [2.24, 2.45) is 5.16 Å². The van der Waals surface area contributed by atoms with Gasteiger partial charge >= 0.3 is 5.97 Å². The van der Waals surface area contributed by atoms with E-state index in [-0.39, 0.29) is 28.4 Å². The average molecular weight is 569 g/mol. The van der Waals surface area contributed by atoms with Gasteiger partial charge in [-0.3, -0.25) is 4.31 Å². The third-order valence-corrected chi connectivity index (χ3v) is 8.70. The van der Waals surface area contributed by atoms with Gasteiger partial charge < -0.3 is 9.57 Å². The van der Waals surface area contributed by atoms with Crippen molar-refractivity contribution in [1.82, 2.24) is 0 Å². The molecule has 0 radical (unpaired) electrons. The second-order valence-electron chi connectivity index (χ2n) is 9.58. The van der Waals surface area contributed by atoms with Crippen LogP contribution in [0.3, 0.4) is 0 Å². The molecule has 1 atom stereocenters. The summed E-state index contributed by atoms with van der Waals surface area (Å²) < 4.78 is 49.8. The monoisotopic (exact) mass is 568 g/mol. The van der Waals surface area contributed by atoms with Crippen LogP contribution in [0.15, 0.2) is 70.7 Å². The molecule has 0 aromatic heterocycles. The Morgan fingerprint density at radius 3 is 2.69 bits per heavy atom. The standard InChI is InChI=1S/C29H26ClFN2O5S/c1-18-5-3-6-23(13-18)39(35,36)33-17-22(11-10-21-16-28(34)38-32-21)37-27-12-9-20(15-26(27)33)14-19(2)29-24(30)7-4-8-25(29)31/h3-9,12-15,22H,10-11,16-17H2,1-2H3/b19-14+/t22-/m0/s1. The van der Waals surface area contributed by atoms with Crippen LogP contribution in [0.2, 0.25) is 5.02 Å². The van der Waals surface area contributed by atoms with Gasteiger partial charge in [0.25, 0.3) is 10.0 Å². The number of fused-ring (bicyclic) bond motifs is 1. The normalized spacial score (nSPS) is 17.4. The van der Waals surface area contributed by atoms with Crippen LogP contribution < -0.4 is 9.04 Å². The fraction of sp³-hybridized carbons (Fsp3) is 0.241. The molecule has 0 saturated heterocycles. The number of oxime groups is 1. The van der Waals surface area contributed by atoms with Gasteiger partial charge in [-0.25, -0.2) is 17.6 Å². The first-order valence-corrected chi connectivity index (χ1v) is 14.2. The highest BCUT2D eigenvalue weighted by atomic mass is 35.5. The van der Waals surface area contributed by atoms with Crippen molar-refractivity contribution in [3.63, 3.8) is 0 Å². The molecule has 202 valence electrons. The van der Waals surface area contributed by atoms with Crippen molar-refractivity contribution in [2.45, 2.75) is 44.1 Å². The number of allylic oxidation sites excluding steroid dienone is 1. The van der Waals surface area contributed by atoms with Gasteiger partial charge in [0.1, 0.15) is 17.7 Å². The van der Waals surface area contributed by atoms with E-state index in [0.717, 1.165) is 5.56 Å². The van der Waals surface area contributed by atoms with Crippen LogP contribution in [-0.4, -0.2) is 32.7 Å². The first-order valence-electron chi connectivity index (χ1n) is 12.4. The molecule has 0 fully saturated rings. The highest BCUT2D eigenvalue weighted by molar-refractivity contribution is 7.92. The SMILES string of the molecule is C/C(=C\c1ccc2c(c1)N(S(=O)(=O)c1cccc(C)c1)C[C@H](CCC1=NOC(=O)C1)O2)c1c(F)cccc1Cl. The van der Waals surface area contributed by atoms with Gasteiger partial charge in [0.05, 0.1) is 34.3 Å². The number of hydrogen-bond donors (Lipinski definition) is 0. The minimum atomic E-state index is -3.95. The summed E-state index contributed by atoms with van der Waals surface area (Å²) in [6.07, 6.45) is 2.28. The fourth-order valence-electron chi connectivity index (χ4n) is 4.70. The van der Waals surface area contributed by atoms with Gasteiger partial charge in [0, 0.05) is 5.56 Å². The van der Waals surface area contributed by atoms with Crippen LogP contribution in [0.5, 0.6) is 5.75 Å². The smallest absolute Gasteiger partial charge is 0.340 e. The maximum atomic E-state index is 14.5. The van der Waals surface area contributed by atoms with Crippen LogP contribution in [0.25, 0.3) is 11.6 Å². The molecule has 2 aliphatic heterocycles.